The maximum Gasteiger partial charge on any atom is 0.316 e. The average molecular weight is 358 g/mol. The normalized spacial score (nSPS) is 17.2. The topological polar surface area (TPSA) is 79.2 Å². The number of carbonyl (C=O) groups is 2. The molecule has 1 aromatic carbocycles. The Morgan fingerprint density at radius 2 is 2.08 bits per heavy atom. The maximum absolute atomic E-state index is 12.1. The van der Waals surface area contributed by atoms with Crippen molar-refractivity contribution in [3.8, 4) is 6.07 Å². The number of amides is 1. The highest BCUT2D eigenvalue weighted by atomic mass is 32.2. The number of hydrogen-bond acceptors (Lipinski definition) is 5. The number of thioether (sulfide) groups is 1. The van der Waals surface area contributed by atoms with Crippen molar-refractivity contribution in [2.24, 2.45) is 0 Å². The molecule has 0 saturated heterocycles. The van der Waals surface area contributed by atoms with E-state index in [9.17, 15) is 14.9 Å². The number of hydrogen-bond donors (Lipinski definition) is 1. The van der Waals surface area contributed by atoms with Crippen LogP contribution in [0, 0.1) is 11.3 Å². The first kappa shape index (κ1) is 19.1. The number of benzene rings is 1. The van der Waals surface area contributed by atoms with Crippen molar-refractivity contribution >= 4 is 23.6 Å². The van der Waals surface area contributed by atoms with Crippen LogP contribution in [0.1, 0.15) is 44.2 Å². The Kier molecular flexibility index (Phi) is 6.65. The van der Waals surface area contributed by atoms with E-state index in [0.29, 0.717) is 10.6 Å². The summed E-state index contributed by atoms with van der Waals surface area (Å²) < 4.78 is 5.10. The molecule has 0 aliphatic carbocycles. The number of carbonyl (C=O) groups excluding carboxylic acids is 2. The summed E-state index contributed by atoms with van der Waals surface area (Å²) in [5, 5.41) is 12.8. The molecule has 1 aromatic rings. The molecule has 0 bridgehead atoms. The summed E-state index contributed by atoms with van der Waals surface area (Å²) in [7, 11) is 0. The Morgan fingerprint density at radius 3 is 2.64 bits per heavy atom. The molecule has 25 heavy (non-hydrogen) atoms. The lowest BCUT2D eigenvalue weighted by Crippen LogP contribution is -2.31. The minimum atomic E-state index is -0.367. The van der Waals surface area contributed by atoms with Gasteiger partial charge in [-0.05, 0) is 31.4 Å². The molecule has 132 valence electrons. The molecule has 1 N–H and O–H groups in total. The van der Waals surface area contributed by atoms with Gasteiger partial charge >= 0.3 is 5.97 Å². The lowest BCUT2D eigenvalue weighted by Gasteiger charge is -2.25. The smallest absolute Gasteiger partial charge is 0.316 e. The molecule has 1 atom stereocenters. The van der Waals surface area contributed by atoms with Gasteiger partial charge in [0.25, 0.3) is 0 Å². The Bertz CT molecular complexity index is 717. The molecule has 1 heterocycles. The van der Waals surface area contributed by atoms with Crippen LogP contribution < -0.4 is 5.32 Å². The van der Waals surface area contributed by atoms with Crippen molar-refractivity contribution in [2.45, 2.75) is 45.6 Å². The van der Waals surface area contributed by atoms with Gasteiger partial charge < -0.3 is 10.1 Å². The summed E-state index contributed by atoms with van der Waals surface area (Å²) in [6, 6.07) is 10.2. The Labute approximate surface area is 152 Å². The van der Waals surface area contributed by atoms with Crippen molar-refractivity contribution in [3.05, 3.63) is 46.0 Å². The minimum Gasteiger partial charge on any atom is -0.462 e. The number of aryl methyl sites for hydroxylation is 1. The Morgan fingerprint density at radius 1 is 1.40 bits per heavy atom. The van der Waals surface area contributed by atoms with E-state index >= 15 is 0 Å². The van der Waals surface area contributed by atoms with Crippen LogP contribution in [-0.4, -0.2) is 23.7 Å². The van der Waals surface area contributed by atoms with E-state index in [1.54, 1.807) is 13.8 Å². The third-order valence-corrected chi connectivity index (χ3v) is 4.84. The summed E-state index contributed by atoms with van der Waals surface area (Å²) in [6.07, 6.45) is 0.976. The van der Waals surface area contributed by atoms with E-state index in [2.05, 4.69) is 18.3 Å². The summed E-state index contributed by atoms with van der Waals surface area (Å²) >= 11 is 1.14. The number of nitrogens with one attached hydrogen (secondary N) is 1. The SMILES string of the molecule is CCc1ccc([C@H]2CC(=O)NC(SCC(=O)OC(C)C)=C2C#N)cc1. The Balaban J connectivity index is 2.22. The largest absolute Gasteiger partial charge is 0.462 e. The van der Waals surface area contributed by atoms with Crippen LogP contribution in [0.2, 0.25) is 0 Å². The van der Waals surface area contributed by atoms with Crippen LogP contribution in [0.5, 0.6) is 0 Å². The highest BCUT2D eigenvalue weighted by Crippen LogP contribution is 2.36. The predicted molar refractivity (Wildman–Crippen MR) is 97.6 cm³/mol. The van der Waals surface area contributed by atoms with E-state index in [4.69, 9.17) is 4.74 Å². The van der Waals surface area contributed by atoms with Gasteiger partial charge in [-0.1, -0.05) is 43.0 Å². The first-order chi connectivity index (χ1) is 11.9. The molecule has 6 heteroatoms. The molecule has 0 radical (unpaired) electrons. The third-order valence-electron chi connectivity index (χ3n) is 3.85. The fraction of sp³-hybridized carbons (Fsp3) is 0.421. The summed E-state index contributed by atoms with van der Waals surface area (Å²) in [5.41, 5.74) is 2.63. The predicted octanol–water partition coefficient (Wildman–Crippen LogP) is 3.27. The zero-order valence-electron chi connectivity index (χ0n) is 14.7. The number of esters is 1. The van der Waals surface area contributed by atoms with Gasteiger partial charge in [-0.2, -0.15) is 5.26 Å². The molecule has 5 nitrogen and oxygen atoms in total. The van der Waals surface area contributed by atoms with Gasteiger partial charge in [0.05, 0.1) is 28.5 Å². The molecule has 0 unspecified atom stereocenters. The number of nitriles is 1. The van der Waals surface area contributed by atoms with E-state index in [0.717, 1.165) is 23.7 Å². The minimum absolute atomic E-state index is 0.0560. The lowest BCUT2D eigenvalue weighted by atomic mass is 9.86. The van der Waals surface area contributed by atoms with Gasteiger partial charge in [0, 0.05) is 12.3 Å². The molecule has 1 aliphatic heterocycles. The molecule has 1 amide bonds. The fourth-order valence-corrected chi connectivity index (χ4v) is 3.49. The van der Waals surface area contributed by atoms with E-state index in [-0.39, 0.29) is 36.1 Å². The van der Waals surface area contributed by atoms with E-state index in [1.165, 1.54) is 5.56 Å². The molecule has 0 spiro atoms. The highest BCUT2D eigenvalue weighted by molar-refractivity contribution is 8.03. The number of rotatable bonds is 6. The maximum atomic E-state index is 12.1. The number of ether oxygens (including phenoxy) is 1. The van der Waals surface area contributed by atoms with Crippen LogP contribution in [0.15, 0.2) is 34.9 Å². The lowest BCUT2D eigenvalue weighted by molar-refractivity contribution is -0.144. The highest BCUT2D eigenvalue weighted by Gasteiger charge is 2.30. The zero-order valence-corrected chi connectivity index (χ0v) is 15.5. The molecular formula is C19H22N2O3S. The van der Waals surface area contributed by atoms with E-state index < -0.39 is 0 Å². The van der Waals surface area contributed by atoms with Crippen molar-refractivity contribution in [1.29, 1.82) is 5.26 Å². The second-order valence-electron chi connectivity index (χ2n) is 6.08. The van der Waals surface area contributed by atoms with Crippen LogP contribution in [0.4, 0.5) is 0 Å². The number of allylic oxidation sites excluding steroid dienone is 1. The van der Waals surface area contributed by atoms with Crippen molar-refractivity contribution in [3.63, 3.8) is 0 Å². The van der Waals surface area contributed by atoms with Crippen LogP contribution in [0.25, 0.3) is 0 Å². The van der Waals surface area contributed by atoms with Gasteiger partial charge in [-0.25, -0.2) is 0 Å². The summed E-state index contributed by atoms with van der Waals surface area (Å²) in [4.78, 5) is 23.8. The summed E-state index contributed by atoms with van der Waals surface area (Å²) in [6.45, 7) is 5.64. The first-order valence-electron chi connectivity index (χ1n) is 8.29. The molecule has 0 saturated carbocycles. The first-order valence-corrected chi connectivity index (χ1v) is 9.28. The monoisotopic (exact) mass is 358 g/mol. The molecular weight excluding hydrogens is 336 g/mol. The standard InChI is InChI=1S/C19H22N2O3S/c1-4-13-5-7-14(8-6-13)15-9-17(22)21-19(16(15)10-20)25-11-18(23)24-12(2)3/h5-8,12,15H,4,9,11H2,1-3H3,(H,21,22)/t15-/m1/s1. The van der Waals surface area contributed by atoms with Gasteiger partial charge in [-0.3, -0.25) is 9.59 Å². The third kappa shape index (κ3) is 5.10. The average Bonchev–Trinajstić information content (AvgIpc) is 2.59. The van der Waals surface area contributed by atoms with Gasteiger partial charge in [-0.15, -0.1) is 0 Å². The molecule has 0 fully saturated rings. The quantitative estimate of drug-likeness (QED) is 0.790. The van der Waals surface area contributed by atoms with Crippen LogP contribution >= 0.6 is 11.8 Å². The summed E-state index contributed by atoms with van der Waals surface area (Å²) in [5.74, 6) is -0.745. The second-order valence-corrected chi connectivity index (χ2v) is 7.07. The number of nitrogens with zero attached hydrogens (tertiary/aromatic N) is 1. The Hall–Kier alpha value is -2.26. The van der Waals surface area contributed by atoms with Crippen LogP contribution in [-0.2, 0) is 20.7 Å². The van der Waals surface area contributed by atoms with Crippen molar-refractivity contribution in [1.82, 2.24) is 5.32 Å². The van der Waals surface area contributed by atoms with E-state index in [1.807, 2.05) is 24.3 Å². The molecule has 0 aromatic heterocycles. The van der Waals surface area contributed by atoms with Crippen molar-refractivity contribution in [2.75, 3.05) is 5.75 Å². The molecule has 1 aliphatic rings. The van der Waals surface area contributed by atoms with Gasteiger partial charge in [0.15, 0.2) is 0 Å². The fourth-order valence-electron chi connectivity index (χ4n) is 2.63. The molecule has 2 rings (SSSR count). The van der Waals surface area contributed by atoms with Crippen molar-refractivity contribution < 1.29 is 14.3 Å². The second kappa shape index (κ2) is 8.72. The van der Waals surface area contributed by atoms with Crippen LogP contribution in [0.3, 0.4) is 0 Å². The van der Waals surface area contributed by atoms with Gasteiger partial charge in [0.2, 0.25) is 5.91 Å². The zero-order chi connectivity index (χ0) is 18.4. The van der Waals surface area contributed by atoms with Gasteiger partial charge in [0.1, 0.15) is 0 Å².